The Bertz CT molecular complexity index is 1730. The van der Waals surface area contributed by atoms with E-state index in [0.717, 1.165) is 6.07 Å². The summed E-state index contributed by atoms with van der Waals surface area (Å²) < 4.78 is 54.7. The van der Waals surface area contributed by atoms with E-state index in [9.17, 15) is 21.6 Å². The van der Waals surface area contributed by atoms with Crippen LogP contribution < -0.4 is 34.4 Å². The first-order chi connectivity index (χ1) is 18.6. The van der Waals surface area contributed by atoms with E-state index in [1.807, 2.05) is 0 Å². The van der Waals surface area contributed by atoms with Gasteiger partial charge in [0.05, 0.1) is 43.8 Å². The number of nitrogen functional groups attached to an aromatic ring is 6. The van der Waals surface area contributed by atoms with E-state index >= 15 is 0 Å². The van der Waals surface area contributed by atoms with Crippen molar-refractivity contribution >= 4 is 60.0 Å². The zero-order valence-electron chi connectivity index (χ0n) is 20.8. The maximum Gasteiger partial charge on any atom is 0.337 e. The zero-order chi connectivity index (χ0) is 30.3. The molecule has 0 atom stereocenters. The summed E-state index contributed by atoms with van der Waals surface area (Å²) in [5.74, 6) is -0.988. The molecule has 0 saturated heterocycles. The monoisotopic (exact) mass is 588 g/mol. The number of carboxylic acids is 1. The van der Waals surface area contributed by atoms with E-state index in [4.69, 9.17) is 44.1 Å². The Kier molecular flexibility index (Phi) is 9.92. The molecule has 0 bridgehead atoms. The second-order valence-electron chi connectivity index (χ2n) is 7.93. The smallest absolute Gasteiger partial charge is 0.337 e. The number of anilines is 6. The third-order valence-electron chi connectivity index (χ3n) is 5.17. The molecule has 4 rings (SSSR count). The molecule has 0 aromatic heterocycles. The van der Waals surface area contributed by atoms with E-state index in [2.05, 4.69) is 0 Å². The third-order valence-corrected chi connectivity index (χ3v) is 7.91. The summed E-state index contributed by atoms with van der Waals surface area (Å²) in [5, 5.41) is 8.49. The minimum absolute atomic E-state index is 0.00472. The Balaban J connectivity index is 0.000000216. The molecule has 0 aliphatic heterocycles. The number of carboxylic acid groups (broad SMARTS) is 1. The number of aromatic carboxylic acids is 1. The molecule has 40 heavy (non-hydrogen) atoms. The standard InChI is InChI=1S/C12H11NO2S.C7H7NO2.C6H10N4O3S/c13-11-8-4-5-9-12(11)16(14,15)10-6-2-1-3-7-10;8-6-4-2-1-3-5(6)7(9)10;7-2-1-3(14(11,12)13)5(9)6(10)4(2)8/h1-9H,13H2;1-4H,8H2,(H,9,10);1H,7-10H2,(H,11,12,13). The van der Waals surface area contributed by atoms with Gasteiger partial charge in [0, 0.05) is 5.69 Å². The molecular formula is C25H28N6O7S2. The van der Waals surface area contributed by atoms with Crippen LogP contribution in [0.2, 0.25) is 0 Å². The average molecular weight is 589 g/mol. The summed E-state index contributed by atoms with van der Waals surface area (Å²) in [4.78, 5) is 10.2. The van der Waals surface area contributed by atoms with Gasteiger partial charge in [-0.05, 0) is 42.5 Å². The normalized spacial score (nSPS) is 10.8. The lowest BCUT2D eigenvalue weighted by Gasteiger charge is -2.10. The van der Waals surface area contributed by atoms with Crippen molar-refractivity contribution in [2.24, 2.45) is 0 Å². The predicted molar refractivity (Wildman–Crippen MR) is 154 cm³/mol. The van der Waals surface area contributed by atoms with E-state index in [1.165, 1.54) is 12.1 Å². The van der Waals surface area contributed by atoms with Crippen LogP contribution >= 0.6 is 0 Å². The molecule has 0 aliphatic carbocycles. The summed E-state index contributed by atoms with van der Waals surface area (Å²) in [6.07, 6.45) is 0. The quantitative estimate of drug-likeness (QED) is 0.126. The highest BCUT2D eigenvalue weighted by atomic mass is 32.2. The molecule has 14 N–H and O–H groups in total. The molecule has 0 amide bonds. The molecule has 13 nitrogen and oxygen atoms in total. The average Bonchev–Trinajstić information content (AvgIpc) is 2.90. The van der Waals surface area contributed by atoms with E-state index in [1.54, 1.807) is 66.7 Å². The first-order valence-electron chi connectivity index (χ1n) is 11.0. The van der Waals surface area contributed by atoms with Gasteiger partial charge in [-0.25, -0.2) is 13.2 Å². The van der Waals surface area contributed by atoms with E-state index < -0.39 is 30.8 Å². The fraction of sp³-hybridized carbons (Fsp3) is 0. The van der Waals surface area contributed by atoms with Gasteiger partial charge >= 0.3 is 5.97 Å². The van der Waals surface area contributed by atoms with Crippen LogP contribution in [0.15, 0.2) is 99.6 Å². The van der Waals surface area contributed by atoms with Crippen molar-refractivity contribution in [3.63, 3.8) is 0 Å². The van der Waals surface area contributed by atoms with Crippen molar-refractivity contribution in [3.8, 4) is 0 Å². The lowest BCUT2D eigenvalue weighted by molar-refractivity contribution is 0.0698. The highest BCUT2D eigenvalue weighted by Crippen LogP contribution is 2.34. The number of sulfone groups is 1. The molecule has 0 radical (unpaired) electrons. The molecule has 0 spiro atoms. The number of para-hydroxylation sites is 2. The molecule has 4 aromatic rings. The Labute approximate surface area is 230 Å². The first-order valence-corrected chi connectivity index (χ1v) is 13.9. The Morgan fingerprint density at radius 2 is 1.07 bits per heavy atom. The van der Waals surface area contributed by atoms with Gasteiger partial charge in [0.25, 0.3) is 10.1 Å². The molecule has 0 saturated carbocycles. The third kappa shape index (κ3) is 7.53. The van der Waals surface area contributed by atoms with Gasteiger partial charge in [0.2, 0.25) is 9.84 Å². The molecule has 212 valence electrons. The number of nitrogens with two attached hydrogens (primary N) is 6. The van der Waals surface area contributed by atoms with Crippen LogP contribution in [0.4, 0.5) is 34.1 Å². The number of benzene rings is 4. The van der Waals surface area contributed by atoms with Crippen molar-refractivity contribution in [1.82, 2.24) is 0 Å². The zero-order valence-corrected chi connectivity index (χ0v) is 22.4. The minimum Gasteiger partial charge on any atom is -0.478 e. The lowest BCUT2D eigenvalue weighted by Crippen LogP contribution is -2.10. The Hall–Kier alpha value is -4.99. The fourth-order valence-electron chi connectivity index (χ4n) is 3.09. The number of hydrogen-bond donors (Lipinski definition) is 8. The molecule has 0 unspecified atom stereocenters. The SMILES string of the molecule is Nc1cc(S(=O)(=O)O)c(N)c(N)c1N.Nc1ccccc1C(=O)O.Nc1ccccc1S(=O)(=O)c1ccccc1. The number of carbonyl (C=O) groups is 1. The van der Waals surface area contributed by atoms with Gasteiger partial charge in [-0.1, -0.05) is 42.5 Å². The summed E-state index contributed by atoms with van der Waals surface area (Å²) in [6.45, 7) is 0. The van der Waals surface area contributed by atoms with Crippen molar-refractivity contribution in [1.29, 1.82) is 0 Å². The fourth-order valence-corrected chi connectivity index (χ4v) is 5.16. The minimum atomic E-state index is -4.44. The molecule has 0 fully saturated rings. The molecule has 0 heterocycles. The van der Waals surface area contributed by atoms with Gasteiger partial charge in [-0.2, -0.15) is 8.42 Å². The topological polar surface area (TPSA) is 282 Å². The summed E-state index contributed by atoms with van der Waals surface area (Å²) in [5.41, 5.74) is 32.7. The van der Waals surface area contributed by atoms with Gasteiger partial charge < -0.3 is 39.5 Å². The number of hydrogen-bond acceptors (Lipinski definition) is 11. The van der Waals surface area contributed by atoms with Crippen LogP contribution in [0.1, 0.15) is 10.4 Å². The van der Waals surface area contributed by atoms with Crippen molar-refractivity contribution in [2.75, 3.05) is 34.4 Å². The highest BCUT2D eigenvalue weighted by Gasteiger charge is 2.20. The van der Waals surface area contributed by atoms with Crippen LogP contribution in [0.3, 0.4) is 0 Å². The van der Waals surface area contributed by atoms with Gasteiger partial charge in [-0.15, -0.1) is 0 Å². The van der Waals surface area contributed by atoms with Crippen LogP contribution in [0.5, 0.6) is 0 Å². The van der Waals surface area contributed by atoms with Gasteiger partial charge in [0.1, 0.15) is 4.90 Å². The van der Waals surface area contributed by atoms with Crippen molar-refractivity contribution in [3.05, 3.63) is 90.5 Å². The Morgan fingerprint density at radius 1 is 0.575 bits per heavy atom. The summed E-state index contributed by atoms with van der Waals surface area (Å²) in [6, 6.07) is 22.0. The Morgan fingerprint density at radius 3 is 1.55 bits per heavy atom. The second-order valence-corrected chi connectivity index (χ2v) is 11.2. The van der Waals surface area contributed by atoms with Crippen LogP contribution in [-0.2, 0) is 20.0 Å². The van der Waals surface area contributed by atoms with Gasteiger partial charge in [0.15, 0.2) is 0 Å². The first kappa shape index (κ1) is 31.2. The molecular weight excluding hydrogens is 560 g/mol. The second kappa shape index (κ2) is 12.7. The van der Waals surface area contributed by atoms with E-state index in [-0.39, 0.29) is 43.8 Å². The maximum absolute atomic E-state index is 12.2. The summed E-state index contributed by atoms with van der Waals surface area (Å²) in [7, 11) is -7.93. The van der Waals surface area contributed by atoms with Crippen LogP contribution in [0.25, 0.3) is 0 Å². The molecule has 0 aliphatic rings. The van der Waals surface area contributed by atoms with E-state index in [0.29, 0.717) is 5.69 Å². The van der Waals surface area contributed by atoms with Crippen molar-refractivity contribution in [2.45, 2.75) is 14.7 Å². The highest BCUT2D eigenvalue weighted by molar-refractivity contribution is 7.91. The number of rotatable bonds is 4. The lowest BCUT2D eigenvalue weighted by atomic mass is 10.2. The largest absolute Gasteiger partial charge is 0.478 e. The summed E-state index contributed by atoms with van der Waals surface area (Å²) >= 11 is 0. The maximum atomic E-state index is 12.2. The van der Waals surface area contributed by atoms with Crippen LogP contribution in [0, 0.1) is 0 Å². The van der Waals surface area contributed by atoms with Crippen molar-refractivity contribution < 1.29 is 31.3 Å². The molecule has 15 heteroatoms. The molecule has 4 aromatic carbocycles. The predicted octanol–water partition coefficient (Wildman–Crippen LogP) is 2.33. The van der Waals surface area contributed by atoms with Crippen LogP contribution in [-0.4, -0.2) is 32.5 Å². The van der Waals surface area contributed by atoms with Gasteiger partial charge in [-0.3, -0.25) is 4.55 Å².